The van der Waals surface area contributed by atoms with E-state index < -0.39 is 0 Å². The van der Waals surface area contributed by atoms with Gasteiger partial charge in [-0.25, -0.2) is 0 Å². The molecule has 0 radical (unpaired) electrons. The van der Waals surface area contributed by atoms with Crippen LogP contribution in [0.25, 0.3) is 33.4 Å². The van der Waals surface area contributed by atoms with Crippen LogP contribution in [0.2, 0.25) is 0 Å². The van der Waals surface area contributed by atoms with E-state index >= 15 is 0 Å². The lowest BCUT2D eigenvalue weighted by atomic mass is 9.65. The third kappa shape index (κ3) is 2.26. The van der Waals surface area contributed by atoms with Crippen molar-refractivity contribution in [3.05, 3.63) is 143 Å². The zero-order valence-corrected chi connectivity index (χ0v) is 18.9. The van der Waals surface area contributed by atoms with E-state index in [9.17, 15) is 0 Å². The second-order valence-corrected chi connectivity index (χ2v) is 9.41. The molecule has 2 aliphatic carbocycles. The van der Waals surface area contributed by atoms with Crippen molar-refractivity contribution in [3.63, 3.8) is 0 Å². The van der Waals surface area contributed by atoms with Crippen molar-refractivity contribution in [2.24, 2.45) is 0 Å². The highest BCUT2D eigenvalue weighted by atomic mass is 14.5. The van der Waals surface area contributed by atoms with E-state index in [0.29, 0.717) is 0 Å². The molecule has 0 unspecified atom stereocenters. The average molecular weight is 421 g/mol. The maximum absolute atomic E-state index is 2.46. The molecule has 0 heterocycles. The van der Waals surface area contributed by atoms with Crippen molar-refractivity contribution in [2.45, 2.75) is 19.3 Å². The average Bonchev–Trinajstić information content (AvgIpc) is 3.11. The molecule has 0 heteroatoms. The van der Waals surface area contributed by atoms with Crippen LogP contribution in [0, 0.1) is 13.8 Å². The maximum Gasteiger partial charge on any atom is 0.0725 e. The quantitative estimate of drug-likeness (QED) is 0.231. The van der Waals surface area contributed by atoms with Crippen molar-refractivity contribution in [2.75, 3.05) is 0 Å². The van der Waals surface area contributed by atoms with Gasteiger partial charge in [-0.15, -0.1) is 0 Å². The molecule has 0 fully saturated rings. The van der Waals surface area contributed by atoms with Crippen molar-refractivity contribution in [1.82, 2.24) is 0 Å². The van der Waals surface area contributed by atoms with Crippen molar-refractivity contribution in [3.8, 4) is 33.4 Å². The van der Waals surface area contributed by atoms with E-state index in [-0.39, 0.29) is 5.41 Å². The number of hydrogen-bond donors (Lipinski definition) is 0. The van der Waals surface area contributed by atoms with Gasteiger partial charge in [-0.2, -0.15) is 0 Å². The largest absolute Gasteiger partial charge is 0.0725 e. The Hall–Kier alpha value is -3.90. The first-order valence-corrected chi connectivity index (χ1v) is 11.7. The molecule has 0 N–H and O–H groups in total. The van der Waals surface area contributed by atoms with E-state index in [4.69, 9.17) is 0 Å². The standard InChI is InChI=1S/C33H24/c1-21-19-28-24-12-4-3-11-23(24)25-13-5-8-16-29(25)33(32(28)20-22(21)2)30-17-9-6-14-26(30)27-15-7-10-18-31(27)33/h3-20H,1-2H3. The number of fused-ring (bicyclic) bond motifs is 12. The van der Waals surface area contributed by atoms with E-state index in [1.54, 1.807) is 0 Å². The molecule has 0 aromatic heterocycles. The summed E-state index contributed by atoms with van der Waals surface area (Å²) in [4.78, 5) is 0. The minimum Gasteiger partial charge on any atom is -0.0619 e. The molecular formula is C33H24. The van der Waals surface area contributed by atoms with Crippen LogP contribution in [0.5, 0.6) is 0 Å². The smallest absolute Gasteiger partial charge is 0.0619 e. The Bertz CT molecular complexity index is 1540. The molecule has 33 heavy (non-hydrogen) atoms. The van der Waals surface area contributed by atoms with Gasteiger partial charge >= 0.3 is 0 Å². The van der Waals surface area contributed by atoms with Gasteiger partial charge in [0.15, 0.2) is 0 Å². The molecule has 5 aromatic rings. The summed E-state index contributed by atoms with van der Waals surface area (Å²) >= 11 is 0. The molecule has 156 valence electrons. The van der Waals surface area contributed by atoms with E-state index in [0.717, 1.165) is 0 Å². The normalized spacial score (nSPS) is 14.0. The molecule has 0 nitrogen and oxygen atoms in total. The van der Waals surface area contributed by atoms with Gasteiger partial charge in [-0.1, -0.05) is 109 Å². The van der Waals surface area contributed by atoms with Crippen molar-refractivity contribution in [1.29, 1.82) is 0 Å². The highest BCUT2D eigenvalue weighted by Gasteiger charge is 2.49. The highest BCUT2D eigenvalue weighted by Crippen LogP contribution is 2.61. The summed E-state index contributed by atoms with van der Waals surface area (Å²) in [5, 5.41) is 0. The van der Waals surface area contributed by atoms with Crippen molar-refractivity contribution < 1.29 is 0 Å². The minimum atomic E-state index is -0.351. The van der Waals surface area contributed by atoms with Crippen LogP contribution in [0.4, 0.5) is 0 Å². The summed E-state index contributed by atoms with van der Waals surface area (Å²) in [5.41, 5.74) is 15.9. The minimum absolute atomic E-state index is 0.351. The molecule has 0 saturated heterocycles. The third-order valence-electron chi connectivity index (χ3n) is 7.83. The van der Waals surface area contributed by atoms with Crippen molar-refractivity contribution >= 4 is 0 Å². The number of rotatable bonds is 0. The fraction of sp³-hybridized carbons (Fsp3) is 0.0909. The van der Waals surface area contributed by atoms with Crippen LogP contribution in [-0.2, 0) is 5.41 Å². The van der Waals surface area contributed by atoms with Crippen LogP contribution in [0.1, 0.15) is 33.4 Å². The summed E-state index contributed by atoms with van der Waals surface area (Å²) in [5.74, 6) is 0. The molecule has 5 aromatic carbocycles. The fourth-order valence-electron chi connectivity index (χ4n) is 6.31. The van der Waals surface area contributed by atoms with Crippen LogP contribution >= 0.6 is 0 Å². The zero-order valence-electron chi connectivity index (χ0n) is 18.9. The van der Waals surface area contributed by atoms with Crippen LogP contribution in [0.15, 0.2) is 109 Å². The Morgan fingerprint density at radius 1 is 0.364 bits per heavy atom. The van der Waals surface area contributed by atoms with Crippen LogP contribution < -0.4 is 0 Å². The topological polar surface area (TPSA) is 0 Å². The second-order valence-electron chi connectivity index (χ2n) is 9.41. The Balaban J connectivity index is 1.79. The van der Waals surface area contributed by atoms with Gasteiger partial charge in [0.2, 0.25) is 0 Å². The number of aryl methyl sites for hydroxylation is 2. The molecule has 0 atom stereocenters. The molecular weight excluding hydrogens is 396 g/mol. The molecule has 7 rings (SSSR count). The first-order valence-electron chi connectivity index (χ1n) is 11.7. The van der Waals surface area contributed by atoms with Gasteiger partial charge in [0.05, 0.1) is 5.41 Å². The molecule has 0 saturated carbocycles. The molecule has 0 amide bonds. The van der Waals surface area contributed by atoms with Gasteiger partial charge in [-0.05, 0) is 80.6 Å². The highest BCUT2D eigenvalue weighted by molar-refractivity contribution is 5.97. The van der Waals surface area contributed by atoms with Gasteiger partial charge in [0.1, 0.15) is 0 Å². The molecule has 0 bridgehead atoms. The lowest BCUT2D eigenvalue weighted by Crippen LogP contribution is -2.29. The Kier molecular flexibility index (Phi) is 3.71. The first-order chi connectivity index (χ1) is 16.2. The molecule has 1 spiro atoms. The third-order valence-corrected chi connectivity index (χ3v) is 7.83. The van der Waals surface area contributed by atoms with Gasteiger partial charge < -0.3 is 0 Å². The second kappa shape index (κ2) is 6.56. The predicted molar refractivity (Wildman–Crippen MR) is 138 cm³/mol. The summed E-state index contributed by atoms with van der Waals surface area (Å²) in [6.45, 7) is 4.48. The number of benzene rings is 5. The maximum atomic E-state index is 2.46. The van der Waals surface area contributed by atoms with Crippen LogP contribution in [0.3, 0.4) is 0 Å². The van der Waals surface area contributed by atoms with E-state index in [2.05, 4.69) is 123 Å². The Morgan fingerprint density at radius 2 is 0.727 bits per heavy atom. The summed E-state index contributed by atoms with van der Waals surface area (Å²) in [7, 11) is 0. The van der Waals surface area contributed by atoms with Gasteiger partial charge in [0, 0.05) is 0 Å². The molecule has 2 aliphatic rings. The summed E-state index contributed by atoms with van der Waals surface area (Å²) < 4.78 is 0. The first kappa shape index (κ1) is 18.7. The fourth-order valence-corrected chi connectivity index (χ4v) is 6.31. The SMILES string of the molecule is Cc1cc2c(cc1C)C1(c3ccccc3-c3ccccc3-2)c2ccccc2-c2ccccc21. The summed E-state index contributed by atoms with van der Waals surface area (Å²) in [6.07, 6.45) is 0. The lowest BCUT2D eigenvalue weighted by Gasteiger charge is -2.35. The Morgan fingerprint density at radius 3 is 1.24 bits per heavy atom. The van der Waals surface area contributed by atoms with Gasteiger partial charge in [0.25, 0.3) is 0 Å². The zero-order chi connectivity index (χ0) is 22.2. The van der Waals surface area contributed by atoms with Gasteiger partial charge in [-0.3, -0.25) is 0 Å². The number of hydrogen-bond acceptors (Lipinski definition) is 0. The lowest BCUT2D eigenvalue weighted by molar-refractivity contribution is 0.773. The Labute approximate surface area is 195 Å². The summed E-state index contributed by atoms with van der Waals surface area (Å²) in [6, 6.07) is 40.9. The predicted octanol–water partition coefficient (Wildman–Crippen LogP) is 8.31. The van der Waals surface area contributed by atoms with Crippen LogP contribution in [-0.4, -0.2) is 0 Å². The van der Waals surface area contributed by atoms with E-state index in [1.807, 2.05) is 0 Å². The van der Waals surface area contributed by atoms with E-state index in [1.165, 1.54) is 66.8 Å². The molecule has 0 aliphatic heterocycles. The monoisotopic (exact) mass is 420 g/mol.